The molecule has 2 aliphatic heterocycles. The molecule has 2 aliphatic carbocycles. The third kappa shape index (κ3) is 1.44. The third-order valence-corrected chi connectivity index (χ3v) is 6.21. The van der Waals surface area contributed by atoms with Crippen LogP contribution in [0.1, 0.15) is 53.4 Å². The number of carbonyl (C=O) groups is 1. The van der Waals surface area contributed by atoms with Gasteiger partial charge in [0, 0.05) is 5.41 Å². The number of rotatable bonds is 2. The summed E-state index contributed by atoms with van der Waals surface area (Å²) in [7, 11) is 0. The van der Waals surface area contributed by atoms with Crippen LogP contribution in [-0.4, -0.2) is 12.1 Å². The fourth-order valence-electron chi connectivity index (χ4n) is 5.74. The highest BCUT2D eigenvalue weighted by Crippen LogP contribution is 2.61. The first-order valence-corrected chi connectivity index (χ1v) is 7.66. The van der Waals surface area contributed by atoms with E-state index < -0.39 is 0 Å². The Bertz CT molecular complexity index is 350. The topological polar surface area (TPSA) is 26.3 Å². The quantitative estimate of drug-likeness (QED) is 0.699. The highest BCUT2D eigenvalue weighted by Gasteiger charge is 2.60. The minimum absolute atomic E-state index is 0.107. The van der Waals surface area contributed by atoms with Crippen LogP contribution in [0.15, 0.2) is 0 Å². The standard InChI is InChI=1S/C16H26O2/c1-9(2)16(10(3)4)13-6-11-5-12(8-13)15(17)18-14(16)7-11/h9-14H,5-8H2,1-4H3. The van der Waals surface area contributed by atoms with Crippen molar-refractivity contribution in [3.05, 3.63) is 0 Å². The normalized spacial score (nSPS) is 41.3. The van der Waals surface area contributed by atoms with Crippen molar-refractivity contribution in [3.63, 3.8) is 0 Å². The van der Waals surface area contributed by atoms with Gasteiger partial charge in [0.25, 0.3) is 0 Å². The van der Waals surface area contributed by atoms with Crippen LogP contribution in [0.5, 0.6) is 0 Å². The van der Waals surface area contributed by atoms with Crippen molar-refractivity contribution < 1.29 is 9.53 Å². The van der Waals surface area contributed by atoms with Crippen molar-refractivity contribution in [2.45, 2.75) is 59.5 Å². The van der Waals surface area contributed by atoms with E-state index in [1.807, 2.05) is 0 Å². The van der Waals surface area contributed by atoms with E-state index in [9.17, 15) is 4.79 Å². The summed E-state index contributed by atoms with van der Waals surface area (Å²) in [6, 6.07) is 0. The van der Waals surface area contributed by atoms with Crippen molar-refractivity contribution in [1.82, 2.24) is 0 Å². The SMILES string of the molecule is CC(C)C1(C(C)C)C2CC3CC(C2)C(=O)OC1C3. The number of carbonyl (C=O) groups excluding carboxylic acids is 1. The fraction of sp³-hybridized carbons (Fsp3) is 0.938. The largest absolute Gasteiger partial charge is 0.462 e. The van der Waals surface area contributed by atoms with Gasteiger partial charge in [-0.1, -0.05) is 27.7 Å². The lowest BCUT2D eigenvalue weighted by atomic mass is 9.49. The molecular formula is C16H26O2. The second kappa shape index (κ2) is 3.98. The molecule has 0 N–H and O–H groups in total. The number of hydrogen-bond acceptors (Lipinski definition) is 2. The monoisotopic (exact) mass is 250 g/mol. The molecule has 2 heteroatoms. The molecule has 0 aromatic heterocycles. The molecule has 4 rings (SSSR count). The van der Waals surface area contributed by atoms with E-state index >= 15 is 0 Å². The Labute approximate surface area is 110 Å². The molecule has 0 amide bonds. The zero-order valence-corrected chi connectivity index (χ0v) is 12.1. The Hall–Kier alpha value is -0.530. The third-order valence-electron chi connectivity index (χ3n) is 6.21. The van der Waals surface area contributed by atoms with Gasteiger partial charge in [-0.25, -0.2) is 0 Å². The summed E-state index contributed by atoms with van der Waals surface area (Å²) in [5.41, 5.74) is 0.224. The minimum atomic E-state index is 0.107. The summed E-state index contributed by atoms with van der Waals surface area (Å²) in [4.78, 5) is 12.2. The molecule has 0 radical (unpaired) electrons. The molecule has 4 unspecified atom stereocenters. The molecule has 2 saturated carbocycles. The Morgan fingerprint density at radius 2 is 1.72 bits per heavy atom. The highest BCUT2D eigenvalue weighted by molar-refractivity contribution is 5.73. The molecule has 4 fully saturated rings. The zero-order chi connectivity index (χ0) is 13.1. The van der Waals surface area contributed by atoms with Crippen LogP contribution < -0.4 is 0 Å². The maximum absolute atomic E-state index is 12.2. The lowest BCUT2D eigenvalue weighted by Crippen LogP contribution is -2.54. The van der Waals surface area contributed by atoms with E-state index in [1.165, 1.54) is 6.42 Å². The lowest BCUT2D eigenvalue weighted by molar-refractivity contribution is -0.168. The van der Waals surface area contributed by atoms with Gasteiger partial charge in [0.15, 0.2) is 0 Å². The number of ether oxygens (including phenoxy) is 1. The Kier molecular flexibility index (Phi) is 2.76. The van der Waals surface area contributed by atoms with Crippen LogP contribution in [0.4, 0.5) is 0 Å². The average molecular weight is 250 g/mol. The van der Waals surface area contributed by atoms with Gasteiger partial charge in [0.05, 0.1) is 5.92 Å². The van der Waals surface area contributed by atoms with Gasteiger partial charge in [-0.2, -0.15) is 0 Å². The maximum Gasteiger partial charge on any atom is 0.309 e. The zero-order valence-electron chi connectivity index (χ0n) is 12.1. The number of esters is 1. The van der Waals surface area contributed by atoms with Crippen LogP contribution >= 0.6 is 0 Å². The second-order valence-corrected chi connectivity index (χ2v) is 7.44. The van der Waals surface area contributed by atoms with Crippen molar-refractivity contribution in [3.8, 4) is 0 Å². The van der Waals surface area contributed by atoms with Crippen LogP contribution in [0.3, 0.4) is 0 Å². The summed E-state index contributed by atoms with van der Waals surface area (Å²) in [5.74, 6) is 2.95. The first-order chi connectivity index (χ1) is 8.46. The molecule has 2 saturated heterocycles. The molecule has 18 heavy (non-hydrogen) atoms. The lowest BCUT2D eigenvalue weighted by Gasteiger charge is -2.56. The van der Waals surface area contributed by atoms with Crippen molar-refractivity contribution >= 4 is 5.97 Å². The first-order valence-electron chi connectivity index (χ1n) is 7.66. The molecule has 102 valence electrons. The first kappa shape index (κ1) is 12.5. The summed E-state index contributed by atoms with van der Waals surface area (Å²) >= 11 is 0. The number of fused-ring (bicyclic) bond motifs is 1. The van der Waals surface area contributed by atoms with Gasteiger partial charge in [0.2, 0.25) is 0 Å². The average Bonchev–Trinajstić information content (AvgIpc) is 2.41. The predicted molar refractivity (Wildman–Crippen MR) is 70.9 cm³/mol. The van der Waals surface area contributed by atoms with E-state index in [0.29, 0.717) is 17.8 Å². The van der Waals surface area contributed by atoms with Gasteiger partial charge in [-0.3, -0.25) is 4.79 Å². The summed E-state index contributed by atoms with van der Waals surface area (Å²) in [5, 5.41) is 0. The second-order valence-electron chi connectivity index (χ2n) is 7.44. The smallest absolute Gasteiger partial charge is 0.309 e. The molecule has 0 spiro atoms. The van der Waals surface area contributed by atoms with Crippen molar-refractivity contribution in [2.75, 3.05) is 0 Å². The van der Waals surface area contributed by atoms with Gasteiger partial charge in [-0.05, 0) is 49.4 Å². The van der Waals surface area contributed by atoms with Gasteiger partial charge < -0.3 is 4.74 Å². The van der Waals surface area contributed by atoms with Crippen LogP contribution in [0.2, 0.25) is 0 Å². The summed E-state index contributed by atoms with van der Waals surface area (Å²) in [6.45, 7) is 9.32. The summed E-state index contributed by atoms with van der Waals surface area (Å²) < 4.78 is 5.94. The molecule has 4 atom stereocenters. The number of hydrogen-bond donors (Lipinski definition) is 0. The van der Waals surface area contributed by atoms with Crippen LogP contribution in [0, 0.1) is 35.0 Å². The van der Waals surface area contributed by atoms with E-state index in [2.05, 4.69) is 27.7 Å². The molecular weight excluding hydrogens is 224 g/mol. The van der Waals surface area contributed by atoms with Crippen molar-refractivity contribution in [1.29, 1.82) is 0 Å². The summed E-state index contributed by atoms with van der Waals surface area (Å²) in [6.07, 6.45) is 4.82. The van der Waals surface area contributed by atoms with E-state index in [1.54, 1.807) is 0 Å². The van der Waals surface area contributed by atoms with E-state index in [4.69, 9.17) is 4.74 Å². The van der Waals surface area contributed by atoms with E-state index in [-0.39, 0.29) is 23.4 Å². The van der Waals surface area contributed by atoms with Gasteiger partial charge >= 0.3 is 5.97 Å². The van der Waals surface area contributed by atoms with Crippen LogP contribution in [-0.2, 0) is 9.53 Å². The molecule has 4 bridgehead atoms. The minimum Gasteiger partial charge on any atom is -0.462 e. The van der Waals surface area contributed by atoms with E-state index in [0.717, 1.165) is 25.2 Å². The Morgan fingerprint density at radius 3 is 2.33 bits per heavy atom. The van der Waals surface area contributed by atoms with Gasteiger partial charge in [-0.15, -0.1) is 0 Å². The Balaban J connectivity index is 2.08. The van der Waals surface area contributed by atoms with Crippen LogP contribution in [0.25, 0.3) is 0 Å². The molecule has 4 aliphatic rings. The van der Waals surface area contributed by atoms with Gasteiger partial charge in [0.1, 0.15) is 6.10 Å². The molecule has 0 aromatic carbocycles. The molecule has 2 nitrogen and oxygen atoms in total. The highest BCUT2D eigenvalue weighted by atomic mass is 16.5. The maximum atomic E-state index is 12.2. The molecule has 2 heterocycles. The van der Waals surface area contributed by atoms with Crippen molar-refractivity contribution in [2.24, 2.45) is 35.0 Å². The Morgan fingerprint density at radius 1 is 1.06 bits per heavy atom. The molecule has 0 aromatic rings. The fourth-order valence-corrected chi connectivity index (χ4v) is 5.74. The predicted octanol–water partition coefficient (Wildman–Crippen LogP) is 3.65.